The van der Waals surface area contributed by atoms with Crippen molar-refractivity contribution in [2.75, 3.05) is 39.4 Å². The van der Waals surface area contributed by atoms with Gasteiger partial charge in [0.25, 0.3) is 0 Å². The Kier molecular flexibility index (Phi) is 10.1. The van der Waals surface area contributed by atoms with Crippen molar-refractivity contribution in [2.45, 2.75) is 50.0 Å². The van der Waals surface area contributed by atoms with E-state index in [4.69, 9.17) is 19.9 Å². The Morgan fingerprint density at radius 1 is 1.21 bits per heavy atom. The van der Waals surface area contributed by atoms with E-state index in [0.717, 1.165) is 18.4 Å². The molecule has 1 aromatic rings. The number of rotatable bonds is 10. The number of aliphatic hydroxyl groups is 3. The van der Waals surface area contributed by atoms with E-state index in [1.807, 2.05) is 30.3 Å². The average molecular weight is 482 g/mol. The van der Waals surface area contributed by atoms with Crippen LogP contribution in [-0.2, 0) is 19.0 Å². The lowest BCUT2D eigenvalue weighted by molar-refractivity contribution is -0.282. The van der Waals surface area contributed by atoms with Gasteiger partial charge in [0.15, 0.2) is 6.29 Å². The van der Waals surface area contributed by atoms with Crippen molar-refractivity contribution in [3.05, 3.63) is 35.9 Å². The molecule has 0 aliphatic carbocycles. The van der Waals surface area contributed by atoms with Gasteiger partial charge in [-0.15, -0.1) is 0 Å². The van der Waals surface area contributed by atoms with Crippen molar-refractivity contribution in [1.82, 2.24) is 10.2 Å². The zero-order valence-electron chi connectivity index (χ0n) is 19.1. The van der Waals surface area contributed by atoms with Gasteiger partial charge in [0, 0.05) is 38.2 Å². The molecule has 190 valence electrons. The SMILES string of the molecule is NC(=O)OCC1CCN(C(=O)CCNC[C@H](O)[C@@H](O)[C@@H]2O[C@H](c3ccccc3)OC[C@H]2O)CC1. The summed E-state index contributed by atoms with van der Waals surface area (Å²) >= 11 is 0. The highest BCUT2D eigenvalue weighted by molar-refractivity contribution is 5.76. The second kappa shape index (κ2) is 13.0. The van der Waals surface area contributed by atoms with Crippen LogP contribution in [0.2, 0.25) is 0 Å². The van der Waals surface area contributed by atoms with E-state index < -0.39 is 36.8 Å². The highest BCUT2D eigenvalue weighted by atomic mass is 16.7. The zero-order valence-corrected chi connectivity index (χ0v) is 19.1. The van der Waals surface area contributed by atoms with Gasteiger partial charge >= 0.3 is 6.09 Å². The molecule has 0 spiro atoms. The molecule has 2 saturated heterocycles. The number of nitrogens with two attached hydrogens (primary N) is 1. The number of hydrogen-bond acceptors (Lipinski definition) is 9. The number of amides is 2. The fourth-order valence-electron chi connectivity index (χ4n) is 4.14. The predicted molar refractivity (Wildman–Crippen MR) is 120 cm³/mol. The molecule has 2 amide bonds. The molecule has 5 atom stereocenters. The maximum Gasteiger partial charge on any atom is 0.404 e. The topological polar surface area (TPSA) is 164 Å². The van der Waals surface area contributed by atoms with E-state index >= 15 is 0 Å². The molecule has 6 N–H and O–H groups in total. The summed E-state index contributed by atoms with van der Waals surface area (Å²) in [6.45, 7) is 1.79. The monoisotopic (exact) mass is 481 g/mol. The number of primary amides is 1. The average Bonchev–Trinajstić information content (AvgIpc) is 2.85. The predicted octanol–water partition coefficient (Wildman–Crippen LogP) is -0.503. The van der Waals surface area contributed by atoms with E-state index in [0.29, 0.717) is 19.6 Å². The lowest BCUT2D eigenvalue weighted by atomic mass is 9.97. The second-order valence-electron chi connectivity index (χ2n) is 8.71. The van der Waals surface area contributed by atoms with Crippen molar-refractivity contribution in [2.24, 2.45) is 11.7 Å². The van der Waals surface area contributed by atoms with Crippen LogP contribution in [0.15, 0.2) is 30.3 Å². The highest BCUT2D eigenvalue weighted by Crippen LogP contribution is 2.28. The molecule has 2 aliphatic heterocycles. The van der Waals surface area contributed by atoms with E-state index in [2.05, 4.69) is 5.32 Å². The van der Waals surface area contributed by atoms with Gasteiger partial charge in [-0.05, 0) is 18.8 Å². The van der Waals surface area contributed by atoms with Crippen molar-refractivity contribution < 1.29 is 39.1 Å². The van der Waals surface area contributed by atoms with Gasteiger partial charge in [0.2, 0.25) is 5.91 Å². The van der Waals surface area contributed by atoms with Gasteiger partial charge < -0.3 is 45.5 Å². The minimum absolute atomic E-state index is 0.00862. The second-order valence-corrected chi connectivity index (χ2v) is 8.71. The number of piperidine rings is 1. The molecular formula is C23H35N3O8. The molecule has 2 fully saturated rings. The molecule has 11 nitrogen and oxygen atoms in total. The molecular weight excluding hydrogens is 446 g/mol. The fraction of sp³-hybridized carbons (Fsp3) is 0.652. The number of carbonyl (C=O) groups is 2. The van der Waals surface area contributed by atoms with Gasteiger partial charge in [-0.3, -0.25) is 4.79 Å². The number of nitrogens with zero attached hydrogens (tertiary/aromatic N) is 1. The van der Waals surface area contributed by atoms with Crippen LogP contribution in [-0.4, -0.2) is 96.0 Å². The number of nitrogens with one attached hydrogen (secondary N) is 1. The molecule has 0 bridgehead atoms. The molecule has 0 unspecified atom stereocenters. The van der Waals surface area contributed by atoms with Gasteiger partial charge in [-0.1, -0.05) is 30.3 Å². The van der Waals surface area contributed by atoms with Crippen LogP contribution in [0.5, 0.6) is 0 Å². The summed E-state index contributed by atoms with van der Waals surface area (Å²) in [5, 5.41) is 34.1. The molecule has 0 aromatic heterocycles. The number of benzene rings is 1. The number of ether oxygens (including phenoxy) is 3. The summed E-state index contributed by atoms with van der Waals surface area (Å²) in [7, 11) is 0. The first-order valence-electron chi connectivity index (χ1n) is 11.6. The Balaban J connectivity index is 1.35. The number of likely N-dealkylation sites (tertiary alicyclic amines) is 1. The molecule has 1 aromatic carbocycles. The Bertz CT molecular complexity index is 775. The first-order valence-corrected chi connectivity index (χ1v) is 11.6. The third-order valence-corrected chi connectivity index (χ3v) is 6.18. The Morgan fingerprint density at radius 2 is 1.91 bits per heavy atom. The van der Waals surface area contributed by atoms with Crippen molar-refractivity contribution >= 4 is 12.0 Å². The summed E-state index contributed by atoms with van der Waals surface area (Å²) in [5.41, 5.74) is 5.73. The lowest BCUT2D eigenvalue weighted by Crippen LogP contribution is -2.53. The normalized spacial score (nSPS) is 25.5. The van der Waals surface area contributed by atoms with Crippen molar-refractivity contribution in [3.8, 4) is 0 Å². The van der Waals surface area contributed by atoms with Crippen LogP contribution in [0.25, 0.3) is 0 Å². The van der Waals surface area contributed by atoms with Crippen LogP contribution in [0.3, 0.4) is 0 Å². The summed E-state index contributed by atoms with van der Waals surface area (Å²) in [4.78, 5) is 24.9. The molecule has 34 heavy (non-hydrogen) atoms. The Morgan fingerprint density at radius 3 is 2.59 bits per heavy atom. The minimum atomic E-state index is -1.34. The van der Waals surface area contributed by atoms with E-state index in [-0.39, 0.29) is 38.0 Å². The maximum absolute atomic E-state index is 12.4. The summed E-state index contributed by atoms with van der Waals surface area (Å²) < 4.78 is 16.1. The van der Waals surface area contributed by atoms with Crippen LogP contribution >= 0.6 is 0 Å². The van der Waals surface area contributed by atoms with Gasteiger partial charge in [0.05, 0.1) is 19.3 Å². The standard InChI is InChI=1S/C23H35N3O8/c24-23(31)33-13-15-7-10-26(11-8-15)19(29)6-9-25-12-17(27)20(30)21-18(28)14-32-22(34-21)16-4-2-1-3-5-16/h1-5,15,17-18,20-22,25,27-28,30H,6-14H2,(H2,24,31)/t17-,18+,20+,21+,22+/m0/s1. The molecule has 3 rings (SSSR count). The highest BCUT2D eigenvalue weighted by Gasteiger charge is 2.39. The van der Waals surface area contributed by atoms with Gasteiger partial charge in [0.1, 0.15) is 18.3 Å². The van der Waals surface area contributed by atoms with Crippen LogP contribution in [0.1, 0.15) is 31.1 Å². The molecule has 11 heteroatoms. The van der Waals surface area contributed by atoms with Crippen molar-refractivity contribution in [3.63, 3.8) is 0 Å². The summed E-state index contributed by atoms with van der Waals surface area (Å²) in [5.74, 6) is 0.196. The number of hydrogen-bond donors (Lipinski definition) is 5. The molecule has 0 radical (unpaired) electrons. The third kappa shape index (κ3) is 7.62. The quantitative estimate of drug-likeness (QED) is 0.277. The van der Waals surface area contributed by atoms with Gasteiger partial charge in [-0.2, -0.15) is 0 Å². The summed E-state index contributed by atoms with van der Waals surface area (Å²) in [6.07, 6.45) is -4.43. The van der Waals surface area contributed by atoms with E-state index in [9.17, 15) is 24.9 Å². The maximum atomic E-state index is 12.4. The van der Waals surface area contributed by atoms with Crippen molar-refractivity contribution in [1.29, 1.82) is 0 Å². The minimum Gasteiger partial charge on any atom is -0.449 e. The molecule has 2 heterocycles. The first-order chi connectivity index (χ1) is 16.3. The van der Waals surface area contributed by atoms with Gasteiger partial charge in [-0.25, -0.2) is 4.79 Å². The van der Waals surface area contributed by atoms with Crippen LogP contribution < -0.4 is 11.1 Å². The molecule has 0 saturated carbocycles. The Hall–Kier alpha value is -2.28. The van der Waals surface area contributed by atoms with Crippen LogP contribution in [0.4, 0.5) is 4.79 Å². The fourth-order valence-corrected chi connectivity index (χ4v) is 4.14. The molecule has 2 aliphatic rings. The third-order valence-electron chi connectivity index (χ3n) is 6.18. The lowest BCUT2D eigenvalue weighted by Gasteiger charge is -2.38. The van der Waals surface area contributed by atoms with E-state index in [1.54, 1.807) is 4.90 Å². The first kappa shape index (κ1) is 26.3. The number of aliphatic hydroxyl groups excluding tert-OH is 3. The largest absolute Gasteiger partial charge is 0.449 e. The Labute approximate surface area is 198 Å². The number of carbonyl (C=O) groups excluding carboxylic acids is 2. The van der Waals surface area contributed by atoms with E-state index in [1.165, 1.54) is 0 Å². The zero-order chi connectivity index (χ0) is 24.5. The van der Waals surface area contributed by atoms with Crippen LogP contribution in [0, 0.1) is 5.92 Å². The smallest absolute Gasteiger partial charge is 0.404 e. The summed E-state index contributed by atoms with van der Waals surface area (Å²) in [6, 6.07) is 9.16.